The average molecular weight is 272 g/mol. The molecule has 0 spiro atoms. The topological polar surface area (TPSA) is 46.2 Å². The number of thiophene rings is 1. The van der Waals surface area contributed by atoms with Gasteiger partial charge in [-0.1, -0.05) is 11.6 Å². The molecule has 1 heterocycles. The van der Waals surface area contributed by atoms with E-state index in [0.717, 1.165) is 6.07 Å². The van der Waals surface area contributed by atoms with Crippen molar-refractivity contribution in [3.63, 3.8) is 0 Å². The van der Waals surface area contributed by atoms with Crippen LogP contribution in [0.2, 0.25) is 4.34 Å². The minimum atomic E-state index is -3.82. The SMILES string of the molecule is CC(C)(C)NS(=O)(=O)c1sc(Cl)cc1F. The predicted molar refractivity (Wildman–Crippen MR) is 59.4 cm³/mol. The third-order valence-corrected chi connectivity index (χ3v) is 4.82. The maximum absolute atomic E-state index is 13.2. The van der Waals surface area contributed by atoms with Crippen LogP contribution in [0.5, 0.6) is 0 Å². The third kappa shape index (κ3) is 3.41. The molecule has 0 atom stereocenters. The summed E-state index contributed by atoms with van der Waals surface area (Å²) in [6.07, 6.45) is 0. The maximum atomic E-state index is 13.2. The van der Waals surface area contributed by atoms with Gasteiger partial charge in [0.15, 0.2) is 10.0 Å². The minimum Gasteiger partial charge on any atom is -0.206 e. The molecule has 1 aromatic heterocycles. The van der Waals surface area contributed by atoms with Gasteiger partial charge in [0.05, 0.1) is 4.34 Å². The summed E-state index contributed by atoms with van der Waals surface area (Å²) < 4.78 is 38.6. The van der Waals surface area contributed by atoms with E-state index in [1.807, 2.05) is 0 Å². The molecule has 0 amide bonds. The summed E-state index contributed by atoms with van der Waals surface area (Å²) >= 11 is 6.23. The van der Waals surface area contributed by atoms with Gasteiger partial charge in [-0.05, 0) is 20.8 Å². The van der Waals surface area contributed by atoms with Crippen LogP contribution in [0.3, 0.4) is 0 Å². The highest BCUT2D eigenvalue weighted by Crippen LogP contribution is 2.29. The van der Waals surface area contributed by atoms with Gasteiger partial charge in [-0.3, -0.25) is 0 Å². The summed E-state index contributed by atoms with van der Waals surface area (Å²) in [5, 5.41) is 0. The molecule has 0 saturated carbocycles. The van der Waals surface area contributed by atoms with Crippen molar-refractivity contribution in [3.8, 4) is 0 Å². The molecular weight excluding hydrogens is 261 g/mol. The van der Waals surface area contributed by atoms with Gasteiger partial charge in [0, 0.05) is 11.6 Å². The molecule has 0 fully saturated rings. The fourth-order valence-corrected chi connectivity index (χ4v) is 3.97. The van der Waals surface area contributed by atoms with Crippen molar-refractivity contribution >= 4 is 33.0 Å². The zero-order valence-electron chi connectivity index (χ0n) is 8.47. The van der Waals surface area contributed by atoms with Crippen molar-refractivity contribution in [2.24, 2.45) is 0 Å². The van der Waals surface area contributed by atoms with Crippen LogP contribution >= 0.6 is 22.9 Å². The lowest BCUT2D eigenvalue weighted by atomic mass is 10.1. The van der Waals surface area contributed by atoms with Gasteiger partial charge in [0.25, 0.3) is 10.0 Å². The Morgan fingerprint density at radius 2 is 2.00 bits per heavy atom. The lowest BCUT2D eigenvalue weighted by molar-refractivity contribution is 0.488. The summed E-state index contributed by atoms with van der Waals surface area (Å²) in [6.45, 7) is 5.03. The standard InChI is InChI=1S/C8H11ClFNO2S2/c1-8(2,3)11-15(12,13)7-5(10)4-6(9)14-7/h4,11H,1-3H3. The van der Waals surface area contributed by atoms with Crippen molar-refractivity contribution in [2.45, 2.75) is 30.5 Å². The van der Waals surface area contributed by atoms with Gasteiger partial charge in [0.1, 0.15) is 0 Å². The molecule has 3 nitrogen and oxygen atoms in total. The molecule has 0 aliphatic heterocycles. The van der Waals surface area contributed by atoms with Crippen LogP contribution in [0.15, 0.2) is 10.3 Å². The van der Waals surface area contributed by atoms with Crippen LogP contribution in [0, 0.1) is 5.82 Å². The summed E-state index contributed by atoms with van der Waals surface area (Å²) in [5.74, 6) is -0.818. The van der Waals surface area contributed by atoms with E-state index in [9.17, 15) is 12.8 Å². The predicted octanol–water partition coefficient (Wildman–Crippen LogP) is 2.62. The molecule has 0 radical (unpaired) electrons. The molecule has 1 aromatic rings. The fourth-order valence-electron chi connectivity index (χ4n) is 0.958. The number of hydrogen-bond donors (Lipinski definition) is 1. The van der Waals surface area contributed by atoms with Crippen molar-refractivity contribution in [1.82, 2.24) is 4.72 Å². The van der Waals surface area contributed by atoms with Gasteiger partial charge in [0.2, 0.25) is 0 Å². The molecule has 86 valence electrons. The van der Waals surface area contributed by atoms with E-state index in [-0.39, 0.29) is 8.55 Å². The summed E-state index contributed by atoms with van der Waals surface area (Å²) in [6, 6.07) is 0.990. The molecule has 0 bridgehead atoms. The first kappa shape index (κ1) is 12.9. The highest BCUT2D eigenvalue weighted by molar-refractivity contribution is 7.91. The molecule has 1 rings (SSSR count). The van der Waals surface area contributed by atoms with E-state index in [1.54, 1.807) is 20.8 Å². The monoisotopic (exact) mass is 271 g/mol. The van der Waals surface area contributed by atoms with E-state index in [4.69, 9.17) is 11.6 Å². The molecule has 0 unspecified atom stereocenters. The third-order valence-electron chi connectivity index (χ3n) is 1.31. The number of nitrogens with one attached hydrogen (secondary N) is 1. The highest BCUT2D eigenvalue weighted by atomic mass is 35.5. The quantitative estimate of drug-likeness (QED) is 0.899. The normalized spacial score (nSPS) is 13.1. The van der Waals surface area contributed by atoms with Crippen LogP contribution in [-0.2, 0) is 10.0 Å². The van der Waals surface area contributed by atoms with Gasteiger partial charge >= 0.3 is 0 Å². The molecular formula is C8H11ClFNO2S2. The van der Waals surface area contributed by atoms with E-state index in [0.29, 0.717) is 11.3 Å². The van der Waals surface area contributed by atoms with Crippen LogP contribution in [0.25, 0.3) is 0 Å². The number of sulfonamides is 1. The first-order valence-electron chi connectivity index (χ1n) is 4.11. The van der Waals surface area contributed by atoms with Crippen molar-refractivity contribution < 1.29 is 12.8 Å². The van der Waals surface area contributed by atoms with Crippen LogP contribution < -0.4 is 4.72 Å². The second-order valence-electron chi connectivity index (χ2n) is 4.04. The van der Waals surface area contributed by atoms with Crippen molar-refractivity contribution in [2.75, 3.05) is 0 Å². The smallest absolute Gasteiger partial charge is 0.206 e. The maximum Gasteiger partial charge on any atom is 0.253 e. The zero-order valence-corrected chi connectivity index (χ0v) is 10.9. The van der Waals surface area contributed by atoms with Crippen LogP contribution in [0.4, 0.5) is 4.39 Å². The average Bonchev–Trinajstić information content (AvgIpc) is 2.24. The Morgan fingerprint density at radius 3 is 2.33 bits per heavy atom. The highest BCUT2D eigenvalue weighted by Gasteiger charge is 2.27. The molecule has 0 aromatic carbocycles. The van der Waals surface area contributed by atoms with Gasteiger partial charge in [-0.25, -0.2) is 17.5 Å². The summed E-state index contributed by atoms with van der Waals surface area (Å²) in [4.78, 5) is 0. The summed E-state index contributed by atoms with van der Waals surface area (Å²) in [7, 11) is -3.82. The Morgan fingerprint density at radius 1 is 1.47 bits per heavy atom. The number of hydrogen-bond acceptors (Lipinski definition) is 3. The summed E-state index contributed by atoms with van der Waals surface area (Å²) in [5.41, 5.74) is -0.651. The Kier molecular flexibility index (Phi) is 3.45. The molecule has 0 aliphatic carbocycles. The van der Waals surface area contributed by atoms with Gasteiger partial charge < -0.3 is 0 Å². The Bertz CT molecular complexity index is 461. The Balaban J connectivity index is 3.13. The lowest BCUT2D eigenvalue weighted by Crippen LogP contribution is -2.40. The molecule has 7 heteroatoms. The lowest BCUT2D eigenvalue weighted by Gasteiger charge is -2.19. The van der Waals surface area contributed by atoms with Crippen molar-refractivity contribution in [1.29, 1.82) is 0 Å². The Labute approximate surface area is 97.3 Å². The van der Waals surface area contributed by atoms with E-state index in [1.165, 1.54) is 0 Å². The van der Waals surface area contributed by atoms with E-state index >= 15 is 0 Å². The fraction of sp³-hybridized carbons (Fsp3) is 0.500. The second-order valence-corrected chi connectivity index (χ2v) is 7.60. The van der Waals surface area contributed by atoms with E-state index in [2.05, 4.69) is 4.72 Å². The number of halogens is 2. The first-order chi connectivity index (χ1) is 6.62. The van der Waals surface area contributed by atoms with Crippen LogP contribution in [0.1, 0.15) is 20.8 Å². The van der Waals surface area contributed by atoms with Crippen LogP contribution in [-0.4, -0.2) is 14.0 Å². The largest absolute Gasteiger partial charge is 0.253 e. The molecule has 0 aliphatic rings. The van der Waals surface area contributed by atoms with Gasteiger partial charge in [-0.2, -0.15) is 0 Å². The molecule has 15 heavy (non-hydrogen) atoms. The van der Waals surface area contributed by atoms with Crippen molar-refractivity contribution in [3.05, 3.63) is 16.2 Å². The Hall–Kier alpha value is -0.170. The molecule has 1 N–H and O–H groups in total. The van der Waals surface area contributed by atoms with Gasteiger partial charge in [-0.15, -0.1) is 11.3 Å². The van der Waals surface area contributed by atoms with E-state index < -0.39 is 21.4 Å². The zero-order chi connectivity index (χ0) is 11.9. The molecule has 0 saturated heterocycles. The first-order valence-corrected chi connectivity index (χ1v) is 6.78. The number of rotatable bonds is 2. The minimum absolute atomic E-state index is 0.113. The second kappa shape index (κ2) is 4.01.